The van der Waals surface area contributed by atoms with Gasteiger partial charge in [-0.1, -0.05) is 29.4 Å². The van der Waals surface area contributed by atoms with E-state index in [1.54, 1.807) is 24.8 Å². The van der Waals surface area contributed by atoms with E-state index in [1.165, 1.54) is 0 Å². The minimum Gasteiger partial charge on any atom is -0.333 e. The summed E-state index contributed by atoms with van der Waals surface area (Å²) in [5.74, 6) is 0. The highest BCUT2D eigenvalue weighted by Crippen LogP contribution is 2.31. The minimum absolute atomic E-state index is 0.587. The summed E-state index contributed by atoms with van der Waals surface area (Å²) in [6.07, 6.45) is 7.30. The largest absolute Gasteiger partial charge is 0.333 e. The second kappa shape index (κ2) is 6.47. The maximum atomic E-state index is 8.68. The van der Waals surface area contributed by atoms with Crippen LogP contribution in [0.2, 0.25) is 0 Å². The average Bonchev–Trinajstić information content (AvgIpc) is 3.14. The van der Waals surface area contributed by atoms with E-state index < -0.39 is 0 Å². The van der Waals surface area contributed by atoms with Gasteiger partial charge in [0.15, 0.2) is 0 Å². The zero-order chi connectivity index (χ0) is 17.1. The molecule has 120 valence electrons. The molecule has 6 nitrogen and oxygen atoms in total. The number of hydrogen-bond acceptors (Lipinski definition) is 3. The molecule has 0 aliphatic heterocycles. The van der Waals surface area contributed by atoms with Crippen LogP contribution in [0.25, 0.3) is 32.5 Å². The molecule has 0 amide bonds. The van der Waals surface area contributed by atoms with E-state index in [-0.39, 0.29) is 0 Å². The number of nitrogens with zero attached hydrogens (tertiary/aromatic N) is 6. The Morgan fingerprint density at radius 3 is 2.88 bits per heavy atom. The lowest BCUT2D eigenvalue weighted by Crippen LogP contribution is -1.97. The molecule has 0 saturated carbocycles. The van der Waals surface area contributed by atoms with Crippen LogP contribution in [-0.2, 0) is 6.54 Å². The summed E-state index contributed by atoms with van der Waals surface area (Å²) in [6, 6.07) is 15.8. The van der Waals surface area contributed by atoms with Crippen LogP contribution < -0.4 is 0 Å². The highest BCUT2D eigenvalue weighted by Gasteiger charge is 2.09. The van der Waals surface area contributed by atoms with Crippen molar-refractivity contribution < 1.29 is 0 Å². The van der Waals surface area contributed by atoms with Gasteiger partial charge >= 0.3 is 0 Å². The van der Waals surface area contributed by atoms with Crippen molar-refractivity contribution >= 4 is 16.6 Å². The van der Waals surface area contributed by atoms with E-state index in [1.807, 2.05) is 35.0 Å². The second-order valence-electron chi connectivity index (χ2n) is 5.69. The SMILES string of the molecule is [N-]=[N+]=Nc1cccc(-c2cc(Cn3ccnc3)cc3cccnc23)c1. The molecule has 2 aromatic heterocycles. The Hall–Kier alpha value is -3.63. The lowest BCUT2D eigenvalue weighted by molar-refractivity contribution is 0.798. The molecule has 0 atom stereocenters. The van der Waals surface area contributed by atoms with Crippen molar-refractivity contribution in [2.24, 2.45) is 5.11 Å². The molecule has 25 heavy (non-hydrogen) atoms. The Bertz CT molecular complexity index is 1080. The molecule has 2 heterocycles. The standard InChI is InChI=1S/C19H14N6/c20-24-23-17-5-1-3-15(11-17)18-10-14(12-25-8-7-21-13-25)9-16-4-2-6-22-19(16)18/h1-11,13H,12H2. The van der Waals surface area contributed by atoms with Crippen LogP contribution in [0.1, 0.15) is 5.56 Å². The summed E-state index contributed by atoms with van der Waals surface area (Å²) in [4.78, 5) is 11.5. The molecule has 0 aliphatic carbocycles. The van der Waals surface area contributed by atoms with Gasteiger partial charge < -0.3 is 4.57 Å². The zero-order valence-corrected chi connectivity index (χ0v) is 13.3. The molecule has 4 aromatic rings. The molecule has 0 fully saturated rings. The highest BCUT2D eigenvalue weighted by atomic mass is 15.1. The van der Waals surface area contributed by atoms with E-state index in [9.17, 15) is 0 Å². The summed E-state index contributed by atoms with van der Waals surface area (Å²) in [5.41, 5.74) is 13.3. The van der Waals surface area contributed by atoms with Crippen LogP contribution >= 0.6 is 0 Å². The van der Waals surface area contributed by atoms with E-state index >= 15 is 0 Å². The predicted octanol–water partition coefficient (Wildman–Crippen LogP) is 5.09. The summed E-state index contributed by atoms with van der Waals surface area (Å²) in [7, 11) is 0. The van der Waals surface area contributed by atoms with Gasteiger partial charge in [-0.3, -0.25) is 4.98 Å². The van der Waals surface area contributed by atoms with Crippen LogP contribution in [0.15, 0.2) is 78.6 Å². The summed E-state index contributed by atoms with van der Waals surface area (Å²) in [6.45, 7) is 0.730. The van der Waals surface area contributed by atoms with Crippen LogP contribution in [-0.4, -0.2) is 14.5 Å². The van der Waals surface area contributed by atoms with Crippen molar-refractivity contribution in [3.05, 3.63) is 89.5 Å². The molecule has 2 aromatic carbocycles. The van der Waals surface area contributed by atoms with Crippen LogP contribution in [0, 0.1) is 0 Å². The molecular weight excluding hydrogens is 312 g/mol. The molecule has 0 N–H and O–H groups in total. The first kappa shape index (κ1) is 14.9. The van der Waals surface area contributed by atoms with Crippen LogP contribution in [0.5, 0.6) is 0 Å². The number of imidazole rings is 1. The Labute approximate surface area is 144 Å². The number of fused-ring (bicyclic) bond motifs is 1. The Morgan fingerprint density at radius 1 is 1.08 bits per heavy atom. The highest BCUT2D eigenvalue weighted by molar-refractivity contribution is 5.94. The number of benzene rings is 2. The smallest absolute Gasteiger partial charge is 0.0949 e. The van der Waals surface area contributed by atoms with E-state index in [0.29, 0.717) is 5.69 Å². The third-order valence-corrected chi connectivity index (χ3v) is 4.01. The second-order valence-corrected chi connectivity index (χ2v) is 5.69. The first-order valence-electron chi connectivity index (χ1n) is 7.82. The molecule has 0 unspecified atom stereocenters. The topological polar surface area (TPSA) is 79.5 Å². The molecule has 0 saturated heterocycles. The lowest BCUT2D eigenvalue weighted by atomic mass is 9.98. The lowest BCUT2D eigenvalue weighted by Gasteiger charge is -2.11. The maximum Gasteiger partial charge on any atom is 0.0949 e. The Kier molecular flexibility index (Phi) is 3.86. The van der Waals surface area contributed by atoms with Gasteiger partial charge in [0, 0.05) is 46.7 Å². The van der Waals surface area contributed by atoms with Gasteiger partial charge in [-0.2, -0.15) is 0 Å². The number of rotatable bonds is 4. The fourth-order valence-electron chi connectivity index (χ4n) is 2.94. The third-order valence-electron chi connectivity index (χ3n) is 4.01. The first-order valence-corrected chi connectivity index (χ1v) is 7.82. The number of aromatic nitrogens is 3. The molecule has 0 radical (unpaired) electrons. The first-order chi connectivity index (χ1) is 12.3. The molecular formula is C19H14N6. The van der Waals surface area contributed by atoms with E-state index in [4.69, 9.17) is 5.53 Å². The van der Waals surface area contributed by atoms with Crippen LogP contribution in [0.4, 0.5) is 5.69 Å². The van der Waals surface area contributed by atoms with Gasteiger partial charge in [0.25, 0.3) is 0 Å². The van der Waals surface area contributed by atoms with Gasteiger partial charge in [0.1, 0.15) is 0 Å². The van der Waals surface area contributed by atoms with Gasteiger partial charge in [0.2, 0.25) is 0 Å². The Morgan fingerprint density at radius 2 is 2.04 bits per heavy atom. The fraction of sp³-hybridized carbons (Fsp3) is 0.0526. The molecule has 0 bridgehead atoms. The van der Waals surface area contributed by atoms with Gasteiger partial charge in [-0.15, -0.1) is 0 Å². The average molecular weight is 326 g/mol. The third kappa shape index (κ3) is 3.06. The van der Waals surface area contributed by atoms with Crippen molar-refractivity contribution in [1.29, 1.82) is 0 Å². The summed E-state index contributed by atoms with van der Waals surface area (Å²) < 4.78 is 2.03. The quantitative estimate of drug-likeness (QED) is 0.297. The van der Waals surface area contributed by atoms with Crippen LogP contribution in [0.3, 0.4) is 0 Å². The fourth-order valence-corrected chi connectivity index (χ4v) is 2.94. The van der Waals surface area contributed by atoms with Gasteiger partial charge in [-0.25, -0.2) is 4.98 Å². The number of pyridine rings is 1. The summed E-state index contributed by atoms with van der Waals surface area (Å²) >= 11 is 0. The van der Waals surface area contributed by atoms with Crippen molar-refractivity contribution in [3.63, 3.8) is 0 Å². The van der Waals surface area contributed by atoms with Gasteiger partial charge in [0.05, 0.1) is 11.8 Å². The van der Waals surface area contributed by atoms with Crippen molar-refractivity contribution in [3.8, 4) is 11.1 Å². The molecule has 4 rings (SSSR count). The van der Waals surface area contributed by atoms with E-state index in [0.717, 1.165) is 34.1 Å². The normalized spacial score (nSPS) is 10.6. The van der Waals surface area contributed by atoms with Crippen molar-refractivity contribution in [2.45, 2.75) is 6.54 Å². The summed E-state index contributed by atoms with van der Waals surface area (Å²) in [5, 5.41) is 4.78. The Balaban J connectivity index is 1.89. The minimum atomic E-state index is 0.587. The number of azide groups is 1. The van der Waals surface area contributed by atoms with Crippen molar-refractivity contribution in [1.82, 2.24) is 14.5 Å². The maximum absolute atomic E-state index is 8.68. The van der Waals surface area contributed by atoms with Gasteiger partial charge in [-0.05, 0) is 40.9 Å². The monoisotopic (exact) mass is 326 g/mol. The number of hydrogen-bond donors (Lipinski definition) is 0. The zero-order valence-electron chi connectivity index (χ0n) is 13.3. The molecule has 0 spiro atoms. The predicted molar refractivity (Wildman–Crippen MR) is 97.3 cm³/mol. The molecule has 6 heteroatoms. The molecule has 0 aliphatic rings. The van der Waals surface area contributed by atoms with Crippen molar-refractivity contribution in [2.75, 3.05) is 0 Å². The van der Waals surface area contributed by atoms with E-state index in [2.05, 4.69) is 38.2 Å².